The van der Waals surface area contributed by atoms with E-state index in [1.54, 1.807) is 18.1 Å². The molecule has 7 nitrogen and oxygen atoms in total. The van der Waals surface area contributed by atoms with E-state index in [1.165, 1.54) is 6.07 Å². The fourth-order valence-corrected chi connectivity index (χ4v) is 3.95. The third kappa shape index (κ3) is 4.78. The number of methoxy groups -OCH3 is 1. The molecule has 3 aromatic rings. The number of ether oxygens (including phenoxy) is 1. The van der Waals surface area contributed by atoms with Gasteiger partial charge in [0.25, 0.3) is 0 Å². The fraction of sp³-hybridized carbons (Fsp3) is 0.381. The Bertz CT molecular complexity index is 1110. The van der Waals surface area contributed by atoms with Crippen LogP contribution in [0, 0.1) is 4.77 Å². The van der Waals surface area contributed by atoms with Crippen molar-refractivity contribution >= 4 is 18.0 Å². The largest absolute Gasteiger partial charge is 0.495 e. The number of hydrogen-bond acceptors (Lipinski definition) is 6. The minimum absolute atomic E-state index is 0.523. The second-order valence-electron chi connectivity index (χ2n) is 7.46. The monoisotopic (exact) mass is 464 g/mol. The van der Waals surface area contributed by atoms with Gasteiger partial charge in [0.2, 0.25) is 4.77 Å². The maximum Gasteiger partial charge on any atom is 0.417 e. The van der Waals surface area contributed by atoms with E-state index in [9.17, 15) is 13.2 Å². The molecule has 1 aromatic carbocycles. The van der Waals surface area contributed by atoms with Crippen molar-refractivity contribution in [1.82, 2.24) is 24.2 Å². The van der Waals surface area contributed by atoms with Gasteiger partial charge in [0.05, 0.1) is 25.0 Å². The molecule has 4 rings (SSSR count). The summed E-state index contributed by atoms with van der Waals surface area (Å²) in [5.74, 6) is 1.26. The second-order valence-corrected chi connectivity index (χ2v) is 7.82. The van der Waals surface area contributed by atoms with Crippen LogP contribution < -0.4 is 9.64 Å². The first-order chi connectivity index (χ1) is 15.4. The van der Waals surface area contributed by atoms with E-state index in [2.05, 4.69) is 15.0 Å². The molecule has 2 aromatic heterocycles. The molecule has 0 N–H and O–H groups in total. The van der Waals surface area contributed by atoms with E-state index >= 15 is 0 Å². The minimum atomic E-state index is -4.38. The number of benzene rings is 1. The number of hydrogen-bond donors (Lipinski definition) is 0. The Morgan fingerprint density at radius 1 is 1.06 bits per heavy atom. The Morgan fingerprint density at radius 3 is 2.59 bits per heavy atom. The topological polar surface area (TPSA) is 51.4 Å². The Balaban J connectivity index is 1.43. The SMILES string of the molecule is COc1ccccc1-n1cnn(CN2CCCN(c3ccc(C(F)(F)F)cn3)CC2)c1=S. The van der Waals surface area contributed by atoms with Crippen LogP contribution in [0.1, 0.15) is 12.0 Å². The van der Waals surface area contributed by atoms with Gasteiger partial charge in [-0.05, 0) is 42.9 Å². The standard InChI is InChI=1S/C21H23F3N6OS/c1-31-18-6-3-2-5-17(18)29-14-26-30(20(29)32)15-27-9-4-10-28(12-11-27)19-8-7-16(13-25-19)21(22,23)24/h2-3,5-8,13-14H,4,9-12,15H2,1H3. The molecule has 0 unspecified atom stereocenters. The summed E-state index contributed by atoms with van der Waals surface area (Å²) in [6.45, 7) is 3.43. The van der Waals surface area contributed by atoms with Crippen molar-refractivity contribution in [1.29, 1.82) is 0 Å². The molecule has 170 valence electrons. The molecule has 0 amide bonds. The van der Waals surface area contributed by atoms with Gasteiger partial charge in [-0.15, -0.1) is 0 Å². The Morgan fingerprint density at radius 2 is 1.88 bits per heavy atom. The zero-order chi connectivity index (χ0) is 22.7. The van der Waals surface area contributed by atoms with Crippen LogP contribution in [0.4, 0.5) is 19.0 Å². The van der Waals surface area contributed by atoms with Crippen molar-refractivity contribution in [2.75, 3.05) is 38.2 Å². The molecule has 0 saturated carbocycles. The zero-order valence-electron chi connectivity index (χ0n) is 17.5. The van der Waals surface area contributed by atoms with Gasteiger partial charge in [0.15, 0.2) is 0 Å². The number of pyridine rings is 1. The Kier molecular flexibility index (Phi) is 6.47. The van der Waals surface area contributed by atoms with Crippen LogP contribution in [-0.4, -0.2) is 57.5 Å². The normalized spacial score (nSPS) is 15.6. The van der Waals surface area contributed by atoms with Gasteiger partial charge in [-0.25, -0.2) is 9.67 Å². The molecule has 0 bridgehead atoms. The van der Waals surface area contributed by atoms with Gasteiger partial charge in [-0.3, -0.25) is 9.47 Å². The summed E-state index contributed by atoms with van der Waals surface area (Å²) < 4.78 is 47.9. The van der Waals surface area contributed by atoms with Gasteiger partial charge in [-0.2, -0.15) is 18.3 Å². The quantitative estimate of drug-likeness (QED) is 0.532. The minimum Gasteiger partial charge on any atom is -0.495 e. The van der Waals surface area contributed by atoms with Crippen LogP contribution in [0.5, 0.6) is 5.75 Å². The average Bonchev–Trinajstić information content (AvgIpc) is 2.99. The number of nitrogens with zero attached hydrogens (tertiary/aromatic N) is 6. The van der Waals surface area contributed by atoms with E-state index in [-0.39, 0.29) is 0 Å². The maximum atomic E-state index is 12.8. The Hall–Kier alpha value is -2.92. The van der Waals surface area contributed by atoms with Crippen LogP contribution in [-0.2, 0) is 12.8 Å². The molecule has 1 aliphatic heterocycles. The highest BCUT2D eigenvalue weighted by Crippen LogP contribution is 2.29. The molecule has 1 fully saturated rings. The summed E-state index contributed by atoms with van der Waals surface area (Å²) in [5, 5.41) is 4.45. The molecular formula is C21H23F3N6OS. The van der Waals surface area contributed by atoms with Crippen molar-refractivity contribution in [3.63, 3.8) is 0 Å². The Labute approximate surface area is 188 Å². The third-order valence-corrected chi connectivity index (χ3v) is 5.81. The van der Waals surface area contributed by atoms with Crippen LogP contribution in [0.3, 0.4) is 0 Å². The molecular weight excluding hydrogens is 441 g/mol. The smallest absolute Gasteiger partial charge is 0.417 e. The molecule has 0 aliphatic carbocycles. The maximum absolute atomic E-state index is 12.8. The van der Waals surface area contributed by atoms with Crippen LogP contribution >= 0.6 is 12.2 Å². The summed E-state index contributed by atoms with van der Waals surface area (Å²) in [6.07, 6.45) is -0.963. The lowest BCUT2D eigenvalue weighted by atomic mass is 10.2. The molecule has 11 heteroatoms. The van der Waals surface area contributed by atoms with Crippen molar-refractivity contribution in [3.05, 3.63) is 59.3 Å². The summed E-state index contributed by atoms with van der Waals surface area (Å²) >= 11 is 5.63. The number of halogens is 3. The fourth-order valence-electron chi connectivity index (χ4n) is 3.70. The molecule has 1 aliphatic rings. The molecule has 3 heterocycles. The summed E-state index contributed by atoms with van der Waals surface area (Å²) in [6, 6.07) is 10.1. The lowest BCUT2D eigenvalue weighted by Crippen LogP contribution is -2.32. The first kappa shape index (κ1) is 22.3. The molecule has 0 radical (unpaired) electrons. The highest BCUT2D eigenvalue weighted by molar-refractivity contribution is 7.71. The van der Waals surface area contributed by atoms with Crippen molar-refractivity contribution in [3.8, 4) is 11.4 Å². The second kappa shape index (κ2) is 9.29. The van der Waals surface area contributed by atoms with Crippen LogP contribution in [0.15, 0.2) is 48.9 Å². The van der Waals surface area contributed by atoms with E-state index in [4.69, 9.17) is 17.0 Å². The first-order valence-electron chi connectivity index (χ1n) is 10.2. The molecule has 0 atom stereocenters. The summed E-state index contributed by atoms with van der Waals surface area (Å²) in [7, 11) is 1.61. The van der Waals surface area contributed by atoms with Crippen molar-refractivity contribution in [2.45, 2.75) is 19.3 Å². The van der Waals surface area contributed by atoms with Crippen LogP contribution in [0.25, 0.3) is 5.69 Å². The van der Waals surface area contributed by atoms with E-state index in [0.717, 1.165) is 37.5 Å². The zero-order valence-corrected chi connectivity index (χ0v) is 18.3. The van der Waals surface area contributed by atoms with Crippen molar-refractivity contribution < 1.29 is 17.9 Å². The molecule has 1 saturated heterocycles. The number of anilines is 1. The number of para-hydroxylation sites is 2. The average molecular weight is 465 g/mol. The highest BCUT2D eigenvalue weighted by Gasteiger charge is 2.31. The van der Waals surface area contributed by atoms with Gasteiger partial charge in [0, 0.05) is 32.4 Å². The van der Waals surface area contributed by atoms with E-state index in [0.29, 0.717) is 36.1 Å². The molecule has 0 spiro atoms. The lowest BCUT2D eigenvalue weighted by Gasteiger charge is -2.23. The molecule has 32 heavy (non-hydrogen) atoms. The van der Waals surface area contributed by atoms with Gasteiger partial charge in [-0.1, -0.05) is 12.1 Å². The lowest BCUT2D eigenvalue weighted by molar-refractivity contribution is -0.137. The summed E-state index contributed by atoms with van der Waals surface area (Å²) in [4.78, 5) is 8.25. The predicted octanol–water partition coefficient (Wildman–Crippen LogP) is 4.00. The van der Waals surface area contributed by atoms with E-state index in [1.807, 2.05) is 33.7 Å². The highest BCUT2D eigenvalue weighted by atomic mass is 32.1. The van der Waals surface area contributed by atoms with Gasteiger partial charge >= 0.3 is 6.18 Å². The predicted molar refractivity (Wildman–Crippen MR) is 117 cm³/mol. The number of aromatic nitrogens is 4. The first-order valence-corrected chi connectivity index (χ1v) is 10.6. The third-order valence-electron chi connectivity index (χ3n) is 5.40. The summed E-state index contributed by atoms with van der Waals surface area (Å²) in [5.41, 5.74) is 0.0828. The van der Waals surface area contributed by atoms with Gasteiger partial charge < -0.3 is 9.64 Å². The van der Waals surface area contributed by atoms with Crippen LogP contribution in [0.2, 0.25) is 0 Å². The van der Waals surface area contributed by atoms with Crippen molar-refractivity contribution in [2.24, 2.45) is 0 Å². The van der Waals surface area contributed by atoms with E-state index < -0.39 is 11.7 Å². The number of rotatable bonds is 5. The van der Waals surface area contributed by atoms with Gasteiger partial charge in [0.1, 0.15) is 17.9 Å². The number of alkyl halides is 3.